The number of hydrogen-bond donors (Lipinski definition) is 1. The SMILES string of the molecule is CCOc1ccc2[nH]c(=O)c(CN(CCc3ccccc3)[C@@H](CC)c3nnnn3C(C)(C)CC)cc2c1. The van der Waals surface area contributed by atoms with E-state index in [0.29, 0.717) is 18.7 Å². The highest BCUT2D eigenvalue weighted by Crippen LogP contribution is 2.29. The first-order valence-corrected chi connectivity index (χ1v) is 13.2. The van der Waals surface area contributed by atoms with Crippen LogP contribution in [0.5, 0.6) is 5.75 Å². The lowest BCUT2D eigenvalue weighted by Crippen LogP contribution is -2.37. The van der Waals surface area contributed by atoms with Crippen molar-refractivity contribution in [2.45, 2.75) is 72.0 Å². The molecule has 4 aromatic rings. The molecule has 0 bridgehead atoms. The van der Waals surface area contributed by atoms with Gasteiger partial charge in [-0.25, -0.2) is 4.68 Å². The van der Waals surface area contributed by atoms with Crippen LogP contribution in [0.15, 0.2) is 59.4 Å². The highest BCUT2D eigenvalue weighted by atomic mass is 16.5. The summed E-state index contributed by atoms with van der Waals surface area (Å²) in [5, 5.41) is 13.9. The van der Waals surface area contributed by atoms with Gasteiger partial charge in [0, 0.05) is 29.6 Å². The molecule has 0 aliphatic rings. The van der Waals surface area contributed by atoms with E-state index in [2.05, 4.69) is 77.4 Å². The molecule has 0 saturated carbocycles. The lowest BCUT2D eigenvalue weighted by Gasteiger charge is -2.33. The minimum atomic E-state index is -0.215. The minimum absolute atomic E-state index is 0.0469. The molecule has 2 aromatic carbocycles. The molecule has 2 heterocycles. The summed E-state index contributed by atoms with van der Waals surface area (Å²) in [6.45, 7) is 12.4. The van der Waals surface area contributed by atoms with E-state index < -0.39 is 0 Å². The number of fused-ring (bicyclic) bond motifs is 1. The van der Waals surface area contributed by atoms with Crippen LogP contribution in [0.3, 0.4) is 0 Å². The van der Waals surface area contributed by atoms with Crippen molar-refractivity contribution in [1.29, 1.82) is 0 Å². The quantitative estimate of drug-likeness (QED) is 0.284. The third-order valence-electron chi connectivity index (χ3n) is 7.17. The number of aromatic nitrogens is 5. The Morgan fingerprint density at radius 3 is 2.57 bits per heavy atom. The molecule has 2 aromatic heterocycles. The zero-order valence-electron chi connectivity index (χ0n) is 22.6. The van der Waals surface area contributed by atoms with Gasteiger partial charge in [0.05, 0.1) is 18.2 Å². The van der Waals surface area contributed by atoms with Crippen LogP contribution in [0.4, 0.5) is 0 Å². The van der Waals surface area contributed by atoms with E-state index in [1.54, 1.807) is 0 Å². The standard InChI is InChI=1S/C29H38N6O2/c1-6-26(27-31-32-33-35(27)29(4,5)7-2)34(17-16-21-12-10-9-11-13-21)20-23-18-22-19-24(37-8-3)14-15-25(22)30-28(23)36/h9-15,18-19,26H,6-8,16-17,20H2,1-5H3,(H,30,36)/t26-/m0/s1. The third-order valence-corrected chi connectivity index (χ3v) is 7.17. The van der Waals surface area contributed by atoms with Crippen molar-refractivity contribution in [3.05, 3.63) is 81.9 Å². The predicted octanol–water partition coefficient (Wildman–Crippen LogP) is 5.25. The molecule has 0 radical (unpaired) electrons. The van der Waals surface area contributed by atoms with E-state index in [9.17, 15) is 4.79 Å². The molecule has 196 valence electrons. The minimum Gasteiger partial charge on any atom is -0.494 e. The second kappa shape index (κ2) is 11.7. The fraction of sp³-hybridized carbons (Fsp3) is 0.448. The lowest BCUT2D eigenvalue weighted by atomic mass is 10.0. The van der Waals surface area contributed by atoms with Gasteiger partial charge in [-0.3, -0.25) is 9.69 Å². The van der Waals surface area contributed by atoms with E-state index in [4.69, 9.17) is 4.74 Å². The Labute approximate surface area is 218 Å². The molecule has 1 atom stereocenters. The predicted molar refractivity (Wildman–Crippen MR) is 147 cm³/mol. The summed E-state index contributed by atoms with van der Waals surface area (Å²) in [5.74, 6) is 1.62. The Morgan fingerprint density at radius 2 is 1.86 bits per heavy atom. The van der Waals surface area contributed by atoms with Crippen molar-refractivity contribution in [2.24, 2.45) is 0 Å². The zero-order valence-corrected chi connectivity index (χ0v) is 22.6. The zero-order chi connectivity index (χ0) is 26.4. The molecular formula is C29H38N6O2. The molecule has 0 saturated heterocycles. The van der Waals surface area contributed by atoms with Gasteiger partial charge >= 0.3 is 0 Å². The normalized spacial score (nSPS) is 12.8. The average Bonchev–Trinajstić information content (AvgIpc) is 3.39. The topological polar surface area (TPSA) is 88.9 Å². The van der Waals surface area contributed by atoms with E-state index in [1.807, 2.05) is 41.9 Å². The molecule has 0 unspecified atom stereocenters. The number of tetrazole rings is 1. The maximum Gasteiger partial charge on any atom is 0.252 e. The summed E-state index contributed by atoms with van der Waals surface area (Å²) in [7, 11) is 0. The Morgan fingerprint density at radius 1 is 1.08 bits per heavy atom. The molecule has 0 amide bonds. The first-order chi connectivity index (χ1) is 17.9. The van der Waals surface area contributed by atoms with Crippen molar-refractivity contribution in [3.63, 3.8) is 0 Å². The number of hydrogen-bond acceptors (Lipinski definition) is 6. The molecule has 0 fully saturated rings. The summed E-state index contributed by atoms with van der Waals surface area (Å²) in [6.07, 6.45) is 2.57. The number of pyridine rings is 1. The van der Waals surface area contributed by atoms with Crippen LogP contribution in [0, 0.1) is 0 Å². The van der Waals surface area contributed by atoms with Crippen LogP contribution in [0.1, 0.15) is 70.5 Å². The molecule has 1 N–H and O–H groups in total. The first-order valence-electron chi connectivity index (χ1n) is 13.2. The van der Waals surface area contributed by atoms with Gasteiger partial charge in [-0.1, -0.05) is 44.2 Å². The summed E-state index contributed by atoms with van der Waals surface area (Å²) in [6, 6.07) is 18.1. The highest BCUT2D eigenvalue weighted by molar-refractivity contribution is 5.80. The highest BCUT2D eigenvalue weighted by Gasteiger charge is 2.31. The van der Waals surface area contributed by atoms with Gasteiger partial charge < -0.3 is 9.72 Å². The van der Waals surface area contributed by atoms with Crippen LogP contribution < -0.4 is 10.3 Å². The second-order valence-corrected chi connectivity index (χ2v) is 10.1. The van der Waals surface area contributed by atoms with Gasteiger partial charge in [0.25, 0.3) is 5.56 Å². The maximum absolute atomic E-state index is 13.2. The number of benzene rings is 2. The third kappa shape index (κ3) is 6.07. The number of aromatic amines is 1. The Balaban J connectivity index is 1.72. The summed E-state index contributed by atoms with van der Waals surface area (Å²) in [4.78, 5) is 18.6. The molecule has 0 spiro atoms. The molecule has 37 heavy (non-hydrogen) atoms. The lowest BCUT2D eigenvalue weighted by molar-refractivity contribution is 0.160. The number of nitrogens with zero attached hydrogens (tertiary/aromatic N) is 5. The molecule has 8 heteroatoms. The second-order valence-electron chi connectivity index (χ2n) is 10.1. The smallest absolute Gasteiger partial charge is 0.252 e. The van der Waals surface area contributed by atoms with Gasteiger partial charge in [-0.2, -0.15) is 0 Å². The van der Waals surface area contributed by atoms with E-state index in [1.165, 1.54) is 5.56 Å². The number of nitrogens with one attached hydrogen (secondary N) is 1. The summed E-state index contributed by atoms with van der Waals surface area (Å²) in [5.41, 5.74) is 2.47. The van der Waals surface area contributed by atoms with Crippen LogP contribution >= 0.6 is 0 Å². The fourth-order valence-corrected chi connectivity index (χ4v) is 4.67. The average molecular weight is 503 g/mol. The number of ether oxygens (including phenoxy) is 1. The van der Waals surface area contributed by atoms with Crippen molar-refractivity contribution >= 4 is 10.9 Å². The first kappa shape index (κ1) is 26.5. The van der Waals surface area contributed by atoms with Crippen molar-refractivity contribution < 1.29 is 4.74 Å². The molecular weight excluding hydrogens is 464 g/mol. The Hall–Kier alpha value is -3.52. The van der Waals surface area contributed by atoms with E-state index >= 15 is 0 Å². The summed E-state index contributed by atoms with van der Waals surface area (Å²) < 4.78 is 7.64. The van der Waals surface area contributed by atoms with Crippen LogP contribution in [0.2, 0.25) is 0 Å². The van der Waals surface area contributed by atoms with Gasteiger partial charge in [-0.15, -0.1) is 5.10 Å². The number of H-pyrrole nitrogens is 1. The van der Waals surface area contributed by atoms with Gasteiger partial charge in [0.2, 0.25) is 0 Å². The van der Waals surface area contributed by atoms with Gasteiger partial charge in [0.15, 0.2) is 5.82 Å². The Bertz CT molecular complexity index is 1360. The monoisotopic (exact) mass is 502 g/mol. The van der Waals surface area contributed by atoms with Gasteiger partial charge in [-0.05, 0) is 80.3 Å². The summed E-state index contributed by atoms with van der Waals surface area (Å²) >= 11 is 0. The van der Waals surface area contributed by atoms with E-state index in [-0.39, 0.29) is 17.1 Å². The van der Waals surface area contributed by atoms with Crippen LogP contribution in [-0.4, -0.2) is 43.2 Å². The van der Waals surface area contributed by atoms with Crippen LogP contribution in [0.25, 0.3) is 10.9 Å². The van der Waals surface area contributed by atoms with Crippen molar-refractivity contribution in [1.82, 2.24) is 30.1 Å². The van der Waals surface area contributed by atoms with Crippen LogP contribution in [-0.2, 0) is 18.5 Å². The molecule has 4 rings (SSSR count). The fourth-order valence-electron chi connectivity index (χ4n) is 4.67. The van der Waals surface area contributed by atoms with Gasteiger partial charge in [0.1, 0.15) is 5.75 Å². The molecule has 8 nitrogen and oxygen atoms in total. The number of rotatable bonds is 12. The van der Waals surface area contributed by atoms with E-state index in [0.717, 1.165) is 48.3 Å². The van der Waals surface area contributed by atoms with Crippen molar-refractivity contribution in [3.8, 4) is 5.75 Å². The Kier molecular flexibility index (Phi) is 8.38. The largest absolute Gasteiger partial charge is 0.494 e. The van der Waals surface area contributed by atoms with Crippen molar-refractivity contribution in [2.75, 3.05) is 13.2 Å². The maximum atomic E-state index is 13.2. The molecule has 0 aliphatic carbocycles. The molecule has 0 aliphatic heterocycles.